The first-order chi connectivity index (χ1) is 10.8. The van der Waals surface area contributed by atoms with Gasteiger partial charge in [0.2, 0.25) is 5.82 Å². The number of anilines is 1. The lowest BCUT2D eigenvalue weighted by Gasteiger charge is -2.22. The van der Waals surface area contributed by atoms with E-state index < -0.39 is 51.8 Å². The second-order valence-corrected chi connectivity index (χ2v) is 6.81. The fourth-order valence-electron chi connectivity index (χ4n) is 1.56. The summed E-state index contributed by atoms with van der Waals surface area (Å²) in [6, 6.07) is 0. The monoisotopic (exact) mass is 356 g/mol. The molecule has 1 aromatic carbocycles. The summed E-state index contributed by atoms with van der Waals surface area (Å²) in [5.74, 6) is -10.4. The highest BCUT2D eigenvalue weighted by atomic mass is 32.2. The summed E-state index contributed by atoms with van der Waals surface area (Å²) in [7, 11) is -0.542. The van der Waals surface area contributed by atoms with Gasteiger partial charge in [-0.2, -0.15) is 0 Å². The number of ether oxygens (including phenoxy) is 1. The molecule has 9 heteroatoms. The molecule has 0 bridgehead atoms. The van der Waals surface area contributed by atoms with Crippen LogP contribution in [-0.4, -0.2) is 30.6 Å². The van der Waals surface area contributed by atoms with Crippen LogP contribution in [0, 0.1) is 29.1 Å². The van der Waals surface area contributed by atoms with Gasteiger partial charge in [-0.25, -0.2) is 31.6 Å². The van der Waals surface area contributed by atoms with Crippen LogP contribution >= 0.6 is 0 Å². The van der Waals surface area contributed by atoms with Crippen molar-refractivity contribution in [3.8, 4) is 0 Å². The van der Waals surface area contributed by atoms with Crippen molar-refractivity contribution in [3.63, 3.8) is 0 Å². The van der Waals surface area contributed by atoms with Crippen LogP contribution in [0.1, 0.15) is 6.92 Å². The van der Waals surface area contributed by atoms with E-state index in [4.69, 9.17) is 0 Å². The van der Waals surface area contributed by atoms with Gasteiger partial charge in [-0.3, -0.25) is 0 Å². The first-order valence-electron chi connectivity index (χ1n) is 6.41. The number of benzene rings is 1. The zero-order chi connectivity index (χ0) is 17.7. The molecular weight excluding hydrogens is 341 g/mol. The number of rotatable bonds is 6. The summed E-state index contributed by atoms with van der Waals surface area (Å²) in [4.78, 5) is 12.4. The minimum Gasteiger partial charge on any atom is -0.445 e. The molecule has 0 saturated carbocycles. The van der Waals surface area contributed by atoms with Crippen LogP contribution in [0.25, 0.3) is 0 Å². The Kier molecular flexibility index (Phi) is 6.86. The molecule has 0 radical (unpaired) electrons. The van der Waals surface area contributed by atoms with Gasteiger partial charge >= 0.3 is 6.09 Å². The van der Waals surface area contributed by atoms with E-state index in [2.05, 4.69) is 11.3 Å². The van der Waals surface area contributed by atoms with Gasteiger partial charge in [0, 0.05) is 10.9 Å². The second-order valence-electron chi connectivity index (χ2n) is 4.41. The molecule has 0 saturated heterocycles. The molecular formula is C14H15F5NO2S+. The first-order valence-corrected chi connectivity index (χ1v) is 8.39. The Balaban J connectivity index is 3.42. The maximum Gasteiger partial charge on any atom is 0.418 e. The summed E-state index contributed by atoms with van der Waals surface area (Å²) in [6.07, 6.45) is 1.67. The molecule has 0 heterocycles. The Hall–Kier alpha value is -1.77. The maximum atomic E-state index is 13.9. The molecule has 0 spiro atoms. The number of amides is 1. The molecule has 1 atom stereocenters. The van der Waals surface area contributed by atoms with Crippen LogP contribution < -0.4 is 4.90 Å². The van der Waals surface area contributed by atoms with Crippen LogP contribution in [0.2, 0.25) is 0 Å². The van der Waals surface area contributed by atoms with Crippen molar-refractivity contribution in [1.29, 1.82) is 0 Å². The minimum atomic E-state index is -2.28. The molecule has 0 aliphatic heterocycles. The van der Waals surface area contributed by atoms with E-state index in [1.807, 2.05) is 0 Å². The number of nitrogens with zero attached hydrogens (tertiary/aromatic N) is 1. The molecule has 1 amide bonds. The van der Waals surface area contributed by atoms with Crippen molar-refractivity contribution >= 4 is 22.7 Å². The number of carbonyl (C=O) groups is 1. The molecule has 0 N–H and O–H groups in total. The average Bonchev–Trinajstić information content (AvgIpc) is 2.54. The summed E-state index contributed by atoms with van der Waals surface area (Å²) in [5, 5.41) is 0. The summed E-state index contributed by atoms with van der Waals surface area (Å²) in [5.41, 5.74) is -1.32. The van der Waals surface area contributed by atoms with Crippen LogP contribution in [0.4, 0.5) is 32.4 Å². The van der Waals surface area contributed by atoms with Gasteiger partial charge < -0.3 is 4.74 Å². The fourth-order valence-corrected chi connectivity index (χ4v) is 2.42. The van der Waals surface area contributed by atoms with Crippen LogP contribution in [0.3, 0.4) is 0 Å². The quantitative estimate of drug-likeness (QED) is 0.256. The molecule has 23 heavy (non-hydrogen) atoms. The van der Waals surface area contributed by atoms with Crippen LogP contribution in [0.5, 0.6) is 0 Å². The Bertz CT molecular complexity index is 582. The summed E-state index contributed by atoms with van der Waals surface area (Å²) >= 11 is 0. The smallest absolute Gasteiger partial charge is 0.418 e. The first kappa shape index (κ1) is 19.3. The maximum absolute atomic E-state index is 13.9. The van der Waals surface area contributed by atoms with Crippen LogP contribution in [-0.2, 0) is 15.6 Å². The average molecular weight is 356 g/mol. The van der Waals surface area contributed by atoms with Crippen molar-refractivity contribution in [3.05, 3.63) is 41.7 Å². The lowest BCUT2D eigenvalue weighted by Crippen LogP contribution is -2.38. The van der Waals surface area contributed by atoms with Gasteiger partial charge in [0.1, 0.15) is 18.0 Å². The van der Waals surface area contributed by atoms with E-state index >= 15 is 0 Å². The summed E-state index contributed by atoms with van der Waals surface area (Å²) in [6.45, 7) is 4.79. The van der Waals surface area contributed by atoms with Gasteiger partial charge in [-0.05, 0) is 6.92 Å². The number of carbonyl (C=O) groups excluding carboxylic acids is 1. The summed E-state index contributed by atoms with van der Waals surface area (Å²) < 4.78 is 72.3. The second kappa shape index (κ2) is 8.19. The van der Waals surface area contributed by atoms with Gasteiger partial charge in [-0.1, -0.05) is 12.7 Å². The molecule has 0 aromatic heterocycles. The van der Waals surface area contributed by atoms with E-state index in [0.717, 1.165) is 0 Å². The lowest BCUT2D eigenvalue weighted by atomic mass is 10.2. The third-order valence-electron chi connectivity index (χ3n) is 2.84. The molecule has 0 aliphatic rings. The van der Waals surface area contributed by atoms with Crippen molar-refractivity contribution in [2.24, 2.45) is 0 Å². The molecule has 128 valence electrons. The van der Waals surface area contributed by atoms with E-state index in [1.165, 1.54) is 6.08 Å². The van der Waals surface area contributed by atoms with Crippen molar-refractivity contribution in [2.75, 3.05) is 29.4 Å². The Morgan fingerprint density at radius 3 is 2.04 bits per heavy atom. The van der Waals surface area contributed by atoms with E-state index in [-0.39, 0.29) is 12.5 Å². The fraction of sp³-hybridized carbons (Fsp3) is 0.357. The third kappa shape index (κ3) is 4.15. The SMILES string of the molecule is C=CCOC(=O)N(C[S+](C)CC)c1c(F)c(F)c(F)c(F)c1F. The number of halogens is 5. The van der Waals surface area contributed by atoms with Crippen molar-refractivity contribution in [2.45, 2.75) is 6.92 Å². The molecule has 1 aromatic rings. The number of hydrogen-bond donors (Lipinski definition) is 0. The Morgan fingerprint density at radius 1 is 1.13 bits per heavy atom. The predicted octanol–water partition coefficient (Wildman–Crippen LogP) is 3.74. The van der Waals surface area contributed by atoms with E-state index in [1.54, 1.807) is 13.2 Å². The normalized spacial score (nSPS) is 12.0. The Morgan fingerprint density at radius 2 is 1.61 bits per heavy atom. The van der Waals surface area contributed by atoms with Gasteiger partial charge in [0.15, 0.2) is 29.1 Å². The van der Waals surface area contributed by atoms with E-state index in [0.29, 0.717) is 10.7 Å². The standard InChI is InChI=1S/C14H15F5NO2S/c1-4-6-22-14(21)20(7-23(3)5-2)13-11(18)9(16)8(15)10(17)12(13)19/h4H,1,5-7H2,2-3H3/q+1. The largest absolute Gasteiger partial charge is 0.445 e. The van der Waals surface area contributed by atoms with Gasteiger partial charge in [0.05, 0.1) is 6.26 Å². The minimum absolute atomic E-state index is 0.245. The van der Waals surface area contributed by atoms with Crippen LogP contribution in [0.15, 0.2) is 12.7 Å². The zero-order valence-electron chi connectivity index (χ0n) is 12.5. The highest BCUT2D eigenvalue weighted by Gasteiger charge is 2.35. The molecule has 0 aliphatic carbocycles. The topological polar surface area (TPSA) is 29.5 Å². The molecule has 1 unspecified atom stereocenters. The van der Waals surface area contributed by atoms with E-state index in [9.17, 15) is 26.7 Å². The highest BCUT2D eigenvalue weighted by Crippen LogP contribution is 2.31. The third-order valence-corrected chi connectivity index (χ3v) is 4.53. The predicted molar refractivity (Wildman–Crippen MR) is 79.0 cm³/mol. The molecule has 0 fully saturated rings. The van der Waals surface area contributed by atoms with Crippen molar-refractivity contribution < 1.29 is 31.5 Å². The van der Waals surface area contributed by atoms with Crippen molar-refractivity contribution in [1.82, 2.24) is 0 Å². The highest BCUT2D eigenvalue weighted by molar-refractivity contribution is 7.96. The van der Waals surface area contributed by atoms with Gasteiger partial charge in [0.25, 0.3) is 0 Å². The Labute approximate surface area is 133 Å². The molecule has 3 nitrogen and oxygen atoms in total. The number of hydrogen-bond acceptors (Lipinski definition) is 2. The molecule has 1 rings (SSSR count). The zero-order valence-corrected chi connectivity index (χ0v) is 13.3. The lowest BCUT2D eigenvalue weighted by molar-refractivity contribution is 0.166. The van der Waals surface area contributed by atoms with Gasteiger partial charge in [-0.15, -0.1) is 0 Å².